The van der Waals surface area contributed by atoms with Crippen LogP contribution in [0.5, 0.6) is 11.5 Å². The molecule has 0 saturated heterocycles. The molecule has 172 valence electrons. The number of carbonyl (C=O) groups excluding carboxylic acids is 1. The third-order valence-corrected chi connectivity index (χ3v) is 5.78. The summed E-state index contributed by atoms with van der Waals surface area (Å²) in [5.41, 5.74) is 1.74. The van der Waals surface area contributed by atoms with E-state index in [0.717, 1.165) is 20.9 Å². The molecule has 0 atom stereocenters. The number of amides is 1. The van der Waals surface area contributed by atoms with Crippen molar-refractivity contribution in [1.29, 1.82) is 0 Å². The van der Waals surface area contributed by atoms with Crippen molar-refractivity contribution in [2.75, 3.05) is 10.6 Å². The van der Waals surface area contributed by atoms with Crippen LogP contribution in [0.4, 0.5) is 11.4 Å². The summed E-state index contributed by atoms with van der Waals surface area (Å²) in [5.74, 6) is 0.602. The van der Waals surface area contributed by atoms with Gasteiger partial charge in [-0.1, -0.05) is 54.6 Å². The van der Waals surface area contributed by atoms with Crippen molar-refractivity contribution in [3.05, 3.63) is 95.0 Å². The molecule has 0 heterocycles. The molecule has 0 aromatic heterocycles. The van der Waals surface area contributed by atoms with E-state index in [4.69, 9.17) is 21.7 Å². The largest absolute Gasteiger partial charge is 0.490 e. The van der Waals surface area contributed by atoms with Crippen molar-refractivity contribution in [1.82, 2.24) is 0 Å². The standard InChI is InChI=1S/C27H23BrN2O3S/c1-17(2)32-24-16-21(26(31)30-23-15-9-8-14-22(23)28)25(20-13-7-6-12-19(20)24)33-27(34)29-18-10-4-3-5-11-18/h3-17H,1-2H3,(H,29,34)(H,30,31). The minimum Gasteiger partial charge on any atom is -0.490 e. The Morgan fingerprint density at radius 3 is 2.24 bits per heavy atom. The Kier molecular flexibility index (Phi) is 7.45. The molecule has 2 N–H and O–H groups in total. The molecule has 4 aromatic rings. The average molecular weight is 535 g/mol. The average Bonchev–Trinajstić information content (AvgIpc) is 2.82. The highest BCUT2D eigenvalue weighted by Gasteiger charge is 2.22. The Morgan fingerprint density at radius 1 is 0.882 bits per heavy atom. The number of anilines is 2. The number of halogens is 1. The zero-order valence-corrected chi connectivity index (χ0v) is 21.1. The molecule has 0 fully saturated rings. The van der Waals surface area contributed by atoms with Crippen molar-refractivity contribution in [2.24, 2.45) is 0 Å². The number of rotatable bonds is 6. The zero-order chi connectivity index (χ0) is 24.1. The summed E-state index contributed by atoms with van der Waals surface area (Å²) in [5, 5.41) is 7.69. The second-order valence-corrected chi connectivity index (χ2v) is 9.00. The predicted molar refractivity (Wildman–Crippen MR) is 145 cm³/mol. The van der Waals surface area contributed by atoms with Gasteiger partial charge in [0.2, 0.25) is 0 Å². The number of benzene rings is 4. The van der Waals surface area contributed by atoms with Crippen LogP contribution >= 0.6 is 28.1 Å². The van der Waals surface area contributed by atoms with E-state index in [-0.39, 0.29) is 17.2 Å². The Labute approximate surface area is 212 Å². The van der Waals surface area contributed by atoms with Crippen LogP contribution in [-0.2, 0) is 0 Å². The van der Waals surface area contributed by atoms with E-state index >= 15 is 0 Å². The summed E-state index contributed by atoms with van der Waals surface area (Å²) < 4.78 is 12.9. The molecule has 0 aliphatic rings. The molecule has 0 unspecified atom stereocenters. The van der Waals surface area contributed by atoms with Crippen LogP contribution in [0.15, 0.2) is 89.4 Å². The van der Waals surface area contributed by atoms with Crippen molar-refractivity contribution in [2.45, 2.75) is 20.0 Å². The first-order chi connectivity index (χ1) is 16.4. The Balaban J connectivity index is 1.78. The molecule has 7 heteroatoms. The topological polar surface area (TPSA) is 59.6 Å². The van der Waals surface area contributed by atoms with Gasteiger partial charge in [0.05, 0.1) is 17.4 Å². The third-order valence-electron chi connectivity index (χ3n) is 4.90. The van der Waals surface area contributed by atoms with Crippen LogP contribution in [0.3, 0.4) is 0 Å². The van der Waals surface area contributed by atoms with E-state index in [0.29, 0.717) is 22.7 Å². The minimum absolute atomic E-state index is 0.0739. The van der Waals surface area contributed by atoms with Gasteiger partial charge >= 0.3 is 0 Å². The van der Waals surface area contributed by atoms with Crippen LogP contribution in [0, 0.1) is 0 Å². The molecule has 1 amide bonds. The van der Waals surface area contributed by atoms with E-state index in [1.807, 2.05) is 92.7 Å². The molecule has 0 aliphatic heterocycles. The number of ether oxygens (including phenoxy) is 2. The van der Waals surface area contributed by atoms with Gasteiger partial charge in [0.15, 0.2) is 5.75 Å². The summed E-state index contributed by atoms with van der Waals surface area (Å²) in [4.78, 5) is 13.5. The molecule has 0 bridgehead atoms. The predicted octanol–water partition coefficient (Wildman–Crippen LogP) is 7.42. The van der Waals surface area contributed by atoms with Gasteiger partial charge in [0.1, 0.15) is 5.75 Å². The van der Waals surface area contributed by atoms with Gasteiger partial charge in [-0.25, -0.2) is 0 Å². The first kappa shape index (κ1) is 23.7. The maximum absolute atomic E-state index is 13.5. The van der Waals surface area contributed by atoms with Crippen LogP contribution in [0.1, 0.15) is 24.2 Å². The lowest BCUT2D eigenvalue weighted by Crippen LogP contribution is -2.20. The monoisotopic (exact) mass is 534 g/mol. The second kappa shape index (κ2) is 10.7. The van der Waals surface area contributed by atoms with Gasteiger partial charge in [0, 0.05) is 20.9 Å². The van der Waals surface area contributed by atoms with Gasteiger partial charge in [0.25, 0.3) is 11.1 Å². The SMILES string of the molecule is CC(C)Oc1cc(C(=O)Nc2ccccc2Br)c(OC(=S)Nc2ccccc2)c2ccccc12. The Hall–Kier alpha value is -3.42. The van der Waals surface area contributed by atoms with Gasteiger partial charge in [-0.15, -0.1) is 0 Å². The van der Waals surface area contributed by atoms with Gasteiger partial charge in [-0.05, 0) is 72.3 Å². The first-order valence-electron chi connectivity index (χ1n) is 10.7. The van der Waals surface area contributed by atoms with Crippen LogP contribution in [0.25, 0.3) is 10.8 Å². The second-order valence-electron chi connectivity index (χ2n) is 7.78. The maximum Gasteiger partial charge on any atom is 0.266 e. The smallest absolute Gasteiger partial charge is 0.266 e. The summed E-state index contributed by atoms with van der Waals surface area (Å²) in [7, 11) is 0. The van der Waals surface area contributed by atoms with E-state index < -0.39 is 0 Å². The van der Waals surface area contributed by atoms with Crippen molar-refractivity contribution < 1.29 is 14.3 Å². The third kappa shape index (κ3) is 5.55. The molecule has 4 aromatic carbocycles. The molecular formula is C27H23BrN2O3S. The summed E-state index contributed by atoms with van der Waals surface area (Å²) in [6, 6.07) is 26.2. The fraction of sp³-hybridized carbons (Fsp3) is 0.111. The van der Waals surface area contributed by atoms with Crippen molar-refractivity contribution >= 4 is 61.4 Å². The number of hydrogen-bond donors (Lipinski definition) is 2. The number of para-hydroxylation sites is 2. The highest BCUT2D eigenvalue weighted by molar-refractivity contribution is 9.10. The normalized spacial score (nSPS) is 10.7. The van der Waals surface area contributed by atoms with E-state index in [2.05, 4.69) is 26.6 Å². The van der Waals surface area contributed by atoms with Gasteiger partial charge in [-0.3, -0.25) is 4.79 Å². The van der Waals surface area contributed by atoms with Crippen LogP contribution in [0.2, 0.25) is 0 Å². The lowest BCUT2D eigenvalue weighted by Gasteiger charge is -2.19. The van der Waals surface area contributed by atoms with Gasteiger partial charge in [-0.2, -0.15) is 0 Å². The lowest BCUT2D eigenvalue weighted by molar-refractivity contribution is 0.102. The summed E-state index contributed by atoms with van der Waals surface area (Å²) >= 11 is 8.96. The Morgan fingerprint density at radius 2 is 1.53 bits per heavy atom. The fourth-order valence-electron chi connectivity index (χ4n) is 3.46. The maximum atomic E-state index is 13.5. The van der Waals surface area contributed by atoms with E-state index in [9.17, 15) is 4.79 Å². The first-order valence-corrected chi connectivity index (χ1v) is 11.9. The molecule has 5 nitrogen and oxygen atoms in total. The number of thiocarbonyl (C=S) groups is 1. The van der Waals surface area contributed by atoms with E-state index in [1.165, 1.54) is 0 Å². The summed E-state index contributed by atoms with van der Waals surface area (Å²) in [6.07, 6.45) is -0.0739. The van der Waals surface area contributed by atoms with Crippen LogP contribution in [-0.4, -0.2) is 17.2 Å². The molecular weight excluding hydrogens is 512 g/mol. The number of nitrogens with one attached hydrogen (secondary N) is 2. The Bertz CT molecular complexity index is 1340. The molecule has 0 saturated carbocycles. The number of fused-ring (bicyclic) bond motifs is 1. The molecule has 34 heavy (non-hydrogen) atoms. The quantitative estimate of drug-likeness (QED) is 0.252. The van der Waals surface area contributed by atoms with Crippen molar-refractivity contribution in [3.8, 4) is 11.5 Å². The lowest BCUT2D eigenvalue weighted by atomic mass is 10.0. The fourth-order valence-corrected chi connectivity index (χ4v) is 4.04. The number of hydrogen-bond acceptors (Lipinski definition) is 4. The molecule has 0 aliphatic carbocycles. The minimum atomic E-state index is -0.344. The molecule has 0 spiro atoms. The summed E-state index contributed by atoms with van der Waals surface area (Å²) in [6.45, 7) is 3.89. The number of carbonyl (C=O) groups is 1. The highest BCUT2D eigenvalue weighted by Crippen LogP contribution is 2.38. The molecule has 0 radical (unpaired) electrons. The van der Waals surface area contributed by atoms with E-state index in [1.54, 1.807) is 6.07 Å². The molecule has 4 rings (SSSR count). The van der Waals surface area contributed by atoms with Crippen LogP contribution < -0.4 is 20.1 Å². The van der Waals surface area contributed by atoms with Gasteiger partial charge < -0.3 is 20.1 Å². The zero-order valence-electron chi connectivity index (χ0n) is 18.7. The van der Waals surface area contributed by atoms with Crippen molar-refractivity contribution in [3.63, 3.8) is 0 Å². The highest BCUT2D eigenvalue weighted by atomic mass is 79.9.